The van der Waals surface area contributed by atoms with Crippen molar-refractivity contribution in [3.8, 4) is 0 Å². The van der Waals surface area contributed by atoms with Gasteiger partial charge in [-0.3, -0.25) is 4.66 Å². The quantitative estimate of drug-likeness (QED) is 0.316. The molecule has 0 aliphatic rings. The minimum Gasteiger partial charge on any atom is -1.00 e. The Bertz CT molecular complexity index is 13.7. The van der Waals surface area contributed by atoms with Gasteiger partial charge in [0.25, 0.3) is 0 Å². The van der Waals surface area contributed by atoms with Crippen molar-refractivity contribution in [1.29, 1.82) is 0 Å². The molecule has 26 valence electrons. The summed E-state index contributed by atoms with van der Waals surface area (Å²) >= 11 is 3.64. The molecule has 0 spiro atoms. The van der Waals surface area contributed by atoms with E-state index >= 15 is 0 Å². The van der Waals surface area contributed by atoms with Gasteiger partial charge < -0.3 is 8.33 Å². The molecule has 0 saturated carbocycles. The summed E-state index contributed by atoms with van der Waals surface area (Å²) in [5, 5.41) is 0. The molecule has 0 aromatic carbocycles. The van der Waals surface area contributed by atoms with E-state index in [0.717, 1.165) is 0 Å². The van der Waals surface area contributed by atoms with Gasteiger partial charge in [0.15, 0.2) is 0 Å². The van der Waals surface area contributed by atoms with Gasteiger partial charge in [-0.15, -0.1) is 0 Å². The second-order valence-electron chi connectivity index (χ2n) is 0. The summed E-state index contributed by atoms with van der Waals surface area (Å²) in [6, 6.07) is 0. The first-order chi connectivity index (χ1) is 1.00. The second-order valence-corrected chi connectivity index (χ2v) is 0. The molecular weight excluding hydrogens is 113 g/mol. The Kier molecular flexibility index (Phi) is 186. The van der Waals surface area contributed by atoms with Crippen LogP contribution in [0.4, 0.5) is 0 Å². The predicted molar refractivity (Wildman–Crippen MR) is 13.9 cm³/mol. The molecule has 0 fully saturated rings. The van der Waals surface area contributed by atoms with Crippen molar-refractivity contribution < 1.29 is 72.1 Å². The first-order valence-corrected chi connectivity index (χ1v) is 0.507. The van der Waals surface area contributed by atoms with E-state index in [-0.39, 0.29) is 67.4 Å². The van der Waals surface area contributed by atoms with Crippen molar-refractivity contribution in [2.24, 2.45) is 0 Å². The van der Waals surface area contributed by atoms with Crippen molar-refractivity contribution in [2.45, 2.75) is 0 Å². The Morgan fingerprint density at radius 3 is 1.20 bits per heavy atom. The van der Waals surface area contributed by atoms with Crippen LogP contribution in [0.1, 0.15) is 2.85 Å². The van der Waals surface area contributed by atoms with Crippen LogP contribution in [0.5, 0.6) is 0 Å². The number of rotatable bonds is 0. The Morgan fingerprint density at radius 1 is 1.20 bits per heavy atom. The van der Waals surface area contributed by atoms with Gasteiger partial charge in [0, 0.05) is 0 Å². The number of hydrogen-bond acceptors (Lipinski definition) is 1. The van der Waals surface area contributed by atoms with Crippen molar-refractivity contribution in [2.75, 3.05) is 0 Å². The van der Waals surface area contributed by atoms with Crippen molar-refractivity contribution in [1.82, 2.24) is 0 Å². The third-order valence-electron chi connectivity index (χ3n) is 0. The van der Waals surface area contributed by atoms with Gasteiger partial charge in [-0.05, 0) is 0 Å². The van der Waals surface area contributed by atoms with Crippen LogP contribution in [-0.4, -0.2) is 10.1 Å². The number of hydrogen-bond donors (Lipinski definition) is 1. The zero-order chi connectivity index (χ0) is 2.00. The van der Waals surface area contributed by atoms with Gasteiger partial charge >= 0.3 is 59.1 Å². The summed E-state index contributed by atoms with van der Waals surface area (Å²) in [6.45, 7) is 0. The summed E-state index contributed by atoms with van der Waals surface area (Å²) in [4.78, 5) is 0. The van der Waals surface area contributed by atoms with Crippen LogP contribution < -0.4 is 59.1 Å². The molecule has 5 heavy (non-hydrogen) atoms. The van der Waals surface area contributed by atoms with Gasteiger partial charge in [0.1, 0.15) is 0 Å². The molecule has 0 aromatic rings. The van der Waals surface area contributed by atoms with Crippen LogP contribution in [0.25, 0.3) is 0 Å². The molecule has 0 bridgehead atoms. The maximum atomic E-state index is 6.47. The van der Waals surface area contributed by atoms with Gasteiger partial charge in [0.05, 0.1) is 11.9 Å². The molecular formula is H5ClNa2O2. The molecule has 3 N–H and O–H groups in total. The Balaban J connectivity index is -0.000000000500. The molecule has 0 aromatic heterocycles. The first kappa shape index (κ1) is 27.0. The van der Waals surface area contributed by atoms with Crippen LogP contribution in [0.3, 0.4) is 0 Å². The van der Waals surface area contributed by atoms with Gasteiger partial charge in [0.2, 0.25) is 0 Å². The molecule has 0 aliphatic heterocycles. The van der Waals surface area contributed by atoms with E-state index in [2.05, 4.69) is 11.9 Å². The molecule has 2 nitrogen and oxygen atoms in total. The zero-order valence-electron chi connectivity index (χ0n) is 5.33. The van der Waals surface area contributed by atoms with Gasteiger partial charge in [-0.2, -0.15) is 0 Å². The summed E-state index contributed by atoms with van der Waals surface area (Å²) in [5.74, 6) is 0. The molecule has 5 heteroatoms. The normalized spacial score (nSPS) is 1.20. The molecule has 0 atom stereocenters. The fraction of sp³-hybridized carbons (Fsp3) is 0. The first-order valence-electron chi connectivity index (χ1n) is 0.169. The summed E-state index contributed by atoms with van der Waals surface area (Å²) in [6.07, 6.45) is 0. The fourth-order valence-corrected chi connectivity index (χ4v) is 0. The average molecular weight is 118 g/mol. The molecule has 0 rings (SSSR count). The number of halogens is 1. The maximum Gasteiger partial charge on any atom is 1.00 e. The largest absolute Gasteiger partial charge is 1.00 e. The maximum absolute atomic E-state index is 6.47. The molecule has 0 heterocycles. The van der Waals surface area contributed by atoms with Crippen molar-refractivity contribution in [3.63, 3.8) is 0 Å². The van der Waals surface area contributed by atoms with E-state index in [1.165, 1.54) is 0 Å². The monoisotopic (exact) mass is 118 g/mol. The second kappa shape index (κ2) is 34.5. The van der Waals surface area contributed by atoms with Crippen LogP contribution in [0.2, 0.25) is 0 Å². The molecule has 0 amide bonds. The SMILES string of the molecule is O.OCl.[H-].[H-].[Na+].[Na+]. The summed E-state index contributed by atoms with van der Waals surface area (Å²) < 4.78 is 6.47. The molecule has 0 radical (unpaired) electrons. The van der Waals surface area contributed by atoms with E-state index in [1.54, 1.807) is 0 Å². The minimum atomic E-state index is 0. The summed E-state index contributed by atoms with van der Waals surface area (Å²) in [5.41, 5.74) is 0. The van der Waals surface area contributed by atoms with Crippen LogP contribution >= 0.6 is 11.9 Å². The zero-order valence-corrected chi connectivity index (χ0v) is 8.08. The third kappa shape index (κ3) is 22.5. The Labute approximate surface area is 82.9 Å². The van der Waals surface area contributed by atoms with E-state index in [0.29, 0.717) is 0 Å². The van der Waals surface area contributed by atoms with Crippen LogP contribution in [0, 0.1) is 0 Å². The van der Waals surface area contributed by atoms with Gasteiger partial charge in [-0.1, -0.05) is 0 Å². The van der Waals surface area contributed by atoms with E-state index in [9.17, 15) is 0 Å². The molecule has 0 saturated heterocycles. The average Bonchev–Trinajstić information content (AvgIpc) is 1.00. The fourth-order valence-electron chi connectivity index (χ4n) is 0. The summed E-state index contributed by atoms with van der Waals surface area (Å²) in [7, 11) is 0. The van der Waals surface area contributed by atoms with Crippen molar-refractivity contribution >= 4 is 11.9 Å². The smallest absolute Gasteiger partial charge is 1.00 e. The van der Waals surface area contributed by atoms with E-state index in [4.69, 9.17) is 4.66 Å². The molecule has 0 aliphatic carbocycles. The molecule has 0 unspecified atom stereocenters. The van der Waals surface area contributed by atoms with E-state index in [1.807, 2.05) is 0 Å². The van der Waals surface area contributed by atoms with Gasteiger partial charge in [-0.25, -0.2) is 0 Å². The Morgan fingerprint density at radius 2 is 1.20 bits per heavy atom. The topological polar surface area (TPSA) is 51.7 Å². The van der Waals surface area contributed by atoms with Crippen LogP contribution in [-0.2, 0) is 0 Å². The standard InChI is InChI=1S/ClHO.2Na.H2O.2H/c1-2;;;;;/h2H;;;1H2;;/q;2*+1;;2*-1. The minimum absolute atomic E-state index is 0. The van der Waals surface area contributed by atoms with Crippen molar-refractivity contribution in [3.05, 3.63) is 0 Å². The predicted octanol–water partition coefficient (Wildman–Crippen LogP) is -6.46. The van der Waals surface area contributed by atoms with Crippen LogP contribution in [0.15, 0.2) is 0 Å². The van der Waals surface area contributed by atoms with E-state index < -0.39 is 0 Å². The third-order valence-corrected chi connectivity index (χ3v) is 0. The Hall–Kier alpha value is 2.21.